The molecule has 1 amide bonds. The highest BCUT2D eigenvalue weighted by Crippen LogP contribution is 2.36. The van der Waals surface area contributed by atoms with Crippen LogP contribution in [0.4, 0.5) is 4.39 Å². The molecule has 0 aliphatic carbocycles. The Kier molecular flexibility index (Phi) is 4.23. The first-order valence-electron chi connectivity index (χ1n) is 8.26. The number of amides is 1. The van der Waals surface area contributed by atoms with Crippen LogP contribution in [0.5, 0.6) is 17.2 Å². The largest absolute Gasteiger partial charge is 0.497 e. The molecule has 0 atom stereocenters. The van der Waals surface area contributed by atoms with E-state index in [9.17, 15) is 9.18 Å². The van der Waals surface area contributed by atoms with Gasteiger partial charge < -0.3 is 18.8 Å². The fourth-order valence-corrected chi connectivity index (χ4v) is 2.89. The summed E-state index contributed by atoms with van der Waals surface area (Å²) in [5, 5.41) is 7.52. The van der Waals surface area contributed by atoms with Gasteiger partial charge in [-0.3, -0.25) is 4.79 Å². The number of aromatic nitrogens is 2. The lowest BCUT2D eigenvalue weighted by Gasteiger charge is -2.27. The highest BCUT2D eigenvalue weighted by Gasteiger charge is 2.26. The third-order valence-electron chi connectivity index (χ3n) is 4.24. The van der Waals surface area contributed by atoms with E-state index in [4.69, 9.17) is 13.9 Å². The lowest BCUT2D eigenvalue weighted by atomic mass is 10.1. The van der Waals surface area contributed by atoms with Crippen LogP contribution in [-0.2, 0) is 13.1 Å². The van der Waals surface area contributed by atoms with Crippen LogP contribution in [0.3, 0.4) is 0 Å². The normalized spacial score (nSPS) is 13.1. The molecule has 0 fully saturated rings. The molecule has 0 saturated carbocycles. The van der Waals surface area contributed by atoms with Crippen LogP contribution in [0.2, 0.25) is 0 Å². The van der Waals surface area contributed by atoms with Crippen molar-refractivity contribution in [2.24, 2.45) is 0 Å². The summed E-state index contributed by atoms with van der Waals surface area (Å²) >= 11 is 0. The second-order valence-corrected chi connectivity index (χ2v) is 6.12. The molecule has 3 aromatic rings. The Morgan fingerprint density at radius 3 is 2.48 bits per heavy atom. The van der Waals surface area contributed by atoms with E-state index in [1.165, 1.54) is 12.1 Å². The van der Waals surface area contributed by atoms with Crippen molar-refractivity contribution in [2.75, 3.05) is 7.11 Å². The van der Waals surface area contributed by atoms with Gasteiger partial charge in [0.2, 0.25) is 5.89 Å². The molecule has 1 aromatic heterocycles. The number of aryl methyl sites for hydroxylation is 1. The Morgan fingerprint density at radius 2 is 1.81 bits per heavy atom. The highest BCUT2D eigenvalue weighted by atomic mass is 19.1. The second-order valence-electron chi connectivity index (χ2n) is 6.12. The molecule has 27 heavy (non-hydrogen) atoms. The Bertz CT molecular complexity index is 1020. The van der Waals surface area contributed by atoms with Crippen molar-refractivity contribution in [1.29, 1.82) is 0 Å². The average Bonchev–Trinajstić information content (AvgIpc) is 3.08. The molecule has 2 heterocycles. The molecule has 7 nitrogen and oxygen atoms in total. The molecule has 8 heteroatoms. The molecular formula is C19H16FN3O4. The molecule has 4 rings (SSSR count). The lowest BCUT2D eigenvalue weighted by molar-refractivity contribution is 0.0683. The van der Waals surface area contributed by atoms with Gasteiger partial charge in [-0.1, -0.05) is 6.07 Å². The fourth-order valence-electron chi connectivity index (χ4n) is 2.89. The van der Waals surface area contributed by atoms with Gasteiger partial charge in [-0.25, -0.2) is 4.39 Å². The predicted octanol–water partition coefficient (Wildman–Crippen LogP) is 3.47. The van der Waals surface area contributed by atoms with Crippen molar-refractivity contribution < 1.29 is 23.1 Å². The number of carbonyl (C=O) groups excluding carboxylic acids is 1. The molecule has 0 saturated heterocycles. The highest BCUT2D eigenvalue weighted by molar-refractivity contribution is 5.89. The predicted molar refractivity (Wildman–Crippen MR) is 92.1 cm³/mol. The van der Waals surface area contributed by atoms with Crippen molar-refractivity contribution in [3.63, 3.8) is 0 Å². The van der Waals surface area contributed by atoms with Crippen LogP contribution >= 0.6 is 0 Å². The zero-order valence-electron chi connectivity index (χ0n) is 14.7. The van der Waals surface area contributed by atoms with E-state index in [0.29, 0.717) is 28.7 Å². The molecule has 0 spiro atoms. The number of hydrogen-bond donors (Lipinski definition) is 0. The lowest BCUT2D eigenvalue weighted by Crippen LogP contribution is -2.31. The van der Waals surface area contributed by atoms with E-state index in [-0.39, 0.29) is 19.0 Å². The van der Waals surface area contributed by atoms with Crippen LogP contribution in [0.15, 0.2) is 40.8 Å². The van der Waals surface area contributed by atoms with E-state index in [2.05, 4.69) is 10.2 Å². The quantitative estimate of drug-likeness (QED) is 0.688. The molecule has 1 aliphatic rings. The summed E-state index contributed by atoms with van der Waals surface area (Å²) in [6, 6.07) is 9.50. The minimum atomic E-state index is -0.427. The molecule has 0 radical (unpaired) electrons. The number of rotatable bonds is 2. The van der Waals surface area contributed by atoms with E-state index in [0.717, 1.165) is 5.56 Å². The van der Waals surface area contributed by atoms with Crippen molar-refractivity contribution in [2.45, 2.75) is 20.0 Å². The van der Waals surface area contributed by atoms with Crippen LogP contribution in [0.25, 0.3) is 0 Å². The van der Waals surface area contributed by atoms with Crippen LogP contribution in [-0.4, -0.2) is 28.1 Å². The third-order valence-corrected chi connectivity index (χ3v) is 4.24. The maximum absolute atomic E-state index is 13.8. The van der Waals surface area contributed by atoms with Gasteiger partial charge in [0.15, 0.2) is 0 Å². The summed E-state index contributed by atoms with van der Waals surface area (Å²) in [6.45, 7) is 2.09. The number of carbonyl (C=O) groups is 1. The van der Waals surface area contributed by atoms with Crippen LogP contribution < -0.4 is 9.47 Å². The Morgan fingerprint density at radius 1 is 1.11 bits per heavy atom. The number of fused-ring (bicyclic) bond motifs is 2. The third kappa shape index (κ3) is 3.33. The summed E-state index contributed by atoms with van der Waals surface area (Å²) in [5.41, 5.74) is 1.41. The van der Waals surface area contributed by atoms with Crippen molar-refractivity contribution in [1.82, 2.24) is 15.1 Å². The van der Waals surface area contributed by atoms with Gasteiger partial charge in [0.05, 0.1) is 20.2 Å². The Labute approximate surface area is 154 Å². The number of methoxy groups -OCH3 is 1. The van der Waals surface area contributed by atoms with Crippen molar-refractivity contribution in [3.8, 4) is 17.2 Å². The minimum Gasteiger partial charge on any atom is -0.497 e. The van der Waals surface area contributed by atoms with Crippen LogP contribution in [0.1, 0.15) is 27.7 Å². The molecule has 0 unspecified atom stereocenters. The Balaban J connectivity index is 1.79. The van der Waals surface area contributed by atoms with Gasteiger partial charge >= 0.3 is 11.8 Å². The van der Waals surface area contributed by atoms with E-state index in [1.807, 2.05) is 0 Å². The molecule has 138 valence electrons. The summed E-state index contributed by atoms with van der Waals surface area (Å²) in [6.07, 6.45) is 0. The van der Waals surface area contributed by atoms with Gasteiger partial charge in [0.25, 0.3) is 0 Å². The second kappa shape index (κ2) is 6.71. The monoisotopic (exact) mass is 369 g/mol. The summed E-state index contributed by atoms with van der Waals surface area (Å²) < 4.78 is 30.2. The van der Waals surface area contributed by atoms with Gasteiger partial charge in [-0.05, 0) is 18.2 Å². The van der Waals surface area contributed by atoms with E-state index < -0.39 is 11.7 Å². The van der Waals surface area contributed by atoms with Crippen molar-refractivity contribution in [3.05, 3.63) is 65.1 Å². The number of hydrogen-bond acceptors (Lipinski definition) is 6. The standard InChI is InChI=1S/C19H16FN3O4/c1-11-21-22-18(26-11)19(24)23-9-12-3-5-14(20)7-16(12)27-17-8-15(25-2)6-4-13(17)10-23/h3-8H,9-10H2,1-2H3. The Hall–Kier alpha value is -3.42. The smallest absolute Gasteiger partial charge is 0.312 e. The zero-order valence-corrected chi connectivity index (χ0v) is 14.7. The van der Waals surface area contributed by atoms with E-state index >= 15 is 0 Å². The first kappa shape index (κ1) is 17.0. The summed E-state index contributed by atoms with van der Waals surface area (Å²) in [4.78, 5) is 14.4. The molecule has 1 aliphatic heterocycles. The maximum Gasteiger partial charge on any atom is 0.312 e. The SMILES string of the molecule is COc1ccc2c(c1)Oc1cc(F)ccc1CN(C(=O)c1nnc(C)o1)C2. The number of ether oxygens (including phenoxy) is 2. The van der Waals surface area contributed by atoms with Gasteiger partial charge in [0.1, 0.15) is 23.1 Å². The maximum atomic E-state index is 13.8. The molecule has 2 aromatic carbocycles. The topological polar surface area (TPSA) is 77.7 Å². The van der Waals surface area contributed by atoms with Gasteiger partial charge in [0, 0.05) is 30.2 Å². The zero-order chi connectivity index (χ0) is 19.0. The van der Waals surface area contributed by atoms with E-state index in [1.54, 1.807) is 43.2 Å². The number of halogens is 1. The molecule has 0 N–H and O–H groups in total. The first-order chi connectivity index (χ1) is 13.0. The fraction of sp³-hybridized carbons (Fsp3) is 0.211. The minimum absolute atomic E-state index is 0.0901. The average molecular weight is 369 g/mol. The van der Waals surface area contributed by atoms with Gasteiger partial charge in [-0.2, -0.15) is 0 Å². The number of nitrogens with zero attached hydrogens (tertiary/aromatic N) is 3. The van der Waals surface area contributed by atoms with Gasteiger partial charge in [-0.15, -0.1) is 10.2 Å². The number of benzene rings is 2. The molecule has 0 bridgehead atoms. The van der Waals surface area contributed by atoms with Crippen molar-refractivity contribution >= 4 is 5.91 Å². The van der Waals surface area contributed by atoms with Crippen LogP contribution in [0, 0.1) is 12.7 Å². The first-order valence-corrected chi connectivity index (χ1v) is 8.26. The summed E-state index contributed by atoms with van der Waals surface area (Å²) in [5.74, 6) is 0.801. The summed E-state index contributed by atoms with van der Waals surface area (Å²) in [7, 11) is 1.55. The molecular weight excluding hydrogens is 353 g/mol.